The summed E-state index contributed by atoms with van der Waals surface area (Å²) in [6, 6.07) is 18.3. The first-order valence-electron chi connectivity index (χ1n) is 8.26. The van der Waals surface area contributed by atoms with Crippen molar-refractivity contribution in [3.63, 3.8) is 0 Å². The van der Waals surface area contributed by atoms with Crippen LogP contribution in [0.15, 0.2) is 54.6 Å². The highest BCUT2D eigenvalue weighted by molar-refractivity contribution is 5.70. The lowest BCUT2D eigenvalue weighted by molar-refractivity contribution is -0.141. The second-order valence-electron chi connectivity index (χ2n) is 5.37. The van der Waals surface area contributed by atoms with Crippen molar-refractivity contribution in [3.05, 3.63) is 54.6 Å². The molecule has 0 aliphatic carbocycles. The van der Waals surface area contributed by atoms with Gasteiger partial charge in [-0.3, -0.25) is 4.79 Å². The van der Waals surface area contributed by atoms with Crippen molar-refractivity contribution in [3.8, 4) is 16.9 Å². The summed E-state index contributed by atoms with van der Waals surface area (Å²) in [4.78, 5) is 10.6. The summed E-state index contributed by atoms with van der Waals surface area (Å²) in [5.41, 5.74) is 2.25. The minimum atomic E-state index is -0.250. The van der Waals surface area contributed by atoms with Gasteiger partial charge < -0.3 is 14.2 Å². The van der Waals surface area contributed by atoms with E-state index in [0.29, 0.717) is 26.4 Å². The van der Waals surface area contributed by atoms with Crippen LogP contribution < -0.4 is 4.74 Å². The van der Waals surface area contributed by atoms with E-state index < -0.39 is 0 Å². The standard InChI is InChI=1S/C20H24O4/c1-17(21)23-15-7-13-22-14-8-16-24-20-12-6-5-11-19(20)18-9-3-2-4-10-18/h2-6,9-12H,7-8,13-16H2,1H3. The molecule has 0 radical (unpaired) electrons. The van der Waals surface area contributed by atoms with E-state index in [9.17, 15) is 4.79 Å². The van der Waals surface area contributed by atoms with Crippen LogP contribution in [0.5, 0.6) is 5.75 Å². The first kappa shape index (κ1) is 18.0. The fourth-order valence-corrected chi connectivity index (χ4v) is 2.27. The van der Waals surface area contributed by atoms with Gasteiger partial charge in [0.1, 0.15) is 5.75 Å². The maximum atomic E-state index is 10.6. The van der Waals surface area contributed by atoms with Crippen LogP contribution in [0.25, 0.3) is 11.1 Å². The number of benzene rings is 2. The molecule has 0 aromatic heterocycles. The summed E-state index contributed by atoms with van der Waals surface area (Å²) in [7, 11) is 0. The van der Waals surface area contributed by atoms with E-state index >= 15 is 0 Å². The van der Waals surface area contributed by atoms with Crippen LogP contribution in [0, 0.1) is 0 Å². The summed E-state index contributed by atoms with van der Waals surface area (Å²) < 4.78 is 16.2. The lowest BCUT2D eigenvalue weighted by atomic mass is 10.1. The predicted molar refractivity (Wildman–Crippen MR) is 94.1 cm³/mol. The van der Waals surface area contributed by atoms with Gasteiger partial charge in [-0.25, -0.2) is 0 Å². The molecule has 4 heteroatoms. The average molecular weight is 328 g/mol. The van der Waals surface area contributed by atoms with Crippen LogP contribution in [-0.4, -0.2) is 32.4 Å². The van der Waals surface area contributed by atoms with E-state index in [4.69, 9.17) is 14.2 Å². The highest BCUT2D eigenvalue weighted by Crippen LogP contribution is 2.29. The number of rotatable bonds is 10. The highest BCUT2D eigenvalue weighted by Gasteiger charge is 2.04. The monoisotopic (exact) mass is 328 g/mol. The normalized spacial score (nSPS) is 10.4. The lowest BCUT2D eigenvalue weighted by Gasteiger charge is -2.11. The van der Waals surface area contributed by atoms with Crippen LogP contribution >= 0.6 is 0 Å². The number of hydrogen-bond acceptors (Lipinski definition) is 4. The average Bonchev–Trinajstić information content (AvgIpc) is 2.61. The zero-order valence-corrected chi connectivity index (χ0v) is 14.1. The Morgan fingerprint density at radius 1 is 0.833 bits per heavy atom. The van der Waals surface area contributed by atoms with Gasteiger partial charge in [-0.1, -0.05) is 48.5 Å². The molecule has 2 aromatic carbocycles. The fourth-order valence-electron chi connectivity index (χ4n) is 2.27. The van der Waals surface area contributed by atoms with E-state index in [1.807, 2.05) is 36.4 Å². The first-order chi connectivity index (χ1) is 11.8. The molecule has 0 saturated heterocycles. The van der Waals surface area contributed by atoms with Crippen LogP contribution in [-0.2, 0) is 14.3 Å². The molecule has 2 aromatic rings. The number of ether oxygens (including phenoxy) is 3. The third kappa shape index (κ3) is 6.42. The molecule has 0 N–H and O–H groups in total. The molecule has 4 nitrogen and oxygen atoms in total. The zero-order chi connectivity index (χ0) is 17.0. The number of hydrogen-bond donors (Lipinski definition) is 0. The molecule has 0 fully saturated rings. The lowest BCUT2D eigenvalue weighted by Crippen LogP contribution is -2.07. The van der Waals surface area contributed by atoms with E-state index in [2.05, 4.69) is 18.2 Å². The number of esters is 1. The Morgan fingerprint density at radius 3 is 2.25 bits per heavy atom. The molecule has 0 heterocycles. The van der Waals surface area contributed by atoms with Crippen molar-refractivity contribution in [2.75, 3.05) is 26.4 Å². The second kappa shape index (κ2) is 10.4. The summed E-state index contributed by atoms with van der Waals surface area (Å²) >= 11 is 0. The van der Waals surface area contributed by atoms with Crippen molar-refractivity contribution < 1.29 is 19.0 Å². The Morgan fingerprint density at radius 2 is 1.50 bits per heavy atom. The van der Waals surface area contributed by atoms with Gasteiger partial charge >= 0.3 is 5.97 Å². The second-order valence-corrected chi connectivity index (χ2v) is 5.37. The summed E-state index contributed by atoms with van der Waals surface area (Å²) in [6.07, 6.45) is 1.54. The van der Waals surface area contributed by atoms with Gasteiger partial charge in [-0.15, -0.1) is 0 Å². The SMILES string of the molecule is CC(=O)OCCCOCCCOc1ccccc1-c1ccccc1. The van der Waals surface area contributed by atoms with Crippen molar-refractivity contribution >= 4 is 5.97 Å². The van der Waals surface area contributed by atoms with E-state index in [1.165, 1.54) is 6.92 Å². The minimum Gasteiger partial charge on any atom is -0.493 e. The highest BCUT2D eigenvalue weighted by atomic mass is 16.5. The van der Waals surface area contributed by atoms with Gasteiger partial charge in [0.15, 0.2) is 0 Å². The third-order valence-electron chi connectivity index (χ3n) is 3.40. The van der Waals surface area contributed by atoms with Crippen molar-refractivity contribution in [2.24, 2.45) is 0 Å². The van der Waals surface area contributed by atoms with Crippen LogP contribution in [0.2, 0.25) is 0 Å². The quantitative estimate of drug-likeness (QED) is 0.487. The molecule has 24 heavy (non-hydrogen) atoms. The largest absolute Gasteiger partial charge is 0.493 e. The van der Waals surface area contributed by atoms with Crippen molar-refractivity contribution in [1.29, 1.82) is 0 Å². The zero-order valence-electron chi connectivity index (χ0n) is 14.1. The maximum Gasteiger partial charge on any atom is 0.302 e. The third-order valence-corrected chi connectivity index (χ3v) is 3.40. The van der Waals surface area contributed by atoms with Gasteiger partial charge in [0, 0.05) is 38.5 Å². The molecule has 0 saturated carbocycles. The van der Waals surface area contributed by atoms with Crippen molar-refractivity contribution in [2.45, 2.75) is 19.8 Å². The van der Waals surface area contributed by atoms with Gasteiger partial charge in [0.05, 0.1) is 13.2 Å². The van der Waals surface area contributed by atoms with Crippen molar-refractivity contribution in [1.82, 2.24) is 0 Å². The predicted octanol–water partition coefficient (Wildman–Crippen LogP) is 4.09. The molecule has 128 valence electrons. The molecule has 0 atom stereocenters. The smallest absolute Gasteiger partial charge is 0.302 e. The summed E-state index contributed by atoms with van der Waals surface area (Å²) in [6.45, 7) is 3.65. The Labute approximate surface area is 143 Å². The van der Waals surface area contributed by atoms with Gasteiger partial charge in [-0.05, 0) is 11.6 Å². The van der Waals surface area contributed by atoms with E-state index in [1.54, 1.807) is 0 Å². The summed E-state index contributed by atoms with van der Waals surface area (Å²) in [5, 5.41) is 0. The summed E-state index contributed by atoms with van der Waals surface area (Å²) in [5.74, 6) is 0.638. The Hall–Kier alpha value is -2.33. The van der Waals surface area contributed by atoms with Gasteiger partial charge in [-0.2, -0.15) is 0 Å². The first-order valence-corrected chi connectivity index (χ1v) is 8.26. The van der Waals surface area contributed by atoms with Crippen LogP contribution in [0.3, 0.4) is 0 Å². The molecule has 2 rings (SSSR count). The fraction of sp³-hybridized carbons (Fsp3) is 0.350. The topological polar surface area (TPSA) is 44.8 Å². The molecule has 0 amide bonds. The Bertz CT molecular complexity index is 610. The van der Waals surface area contributed by atoms with Gasteiger partial charge in [0.2, 0.25) is 0 Å². The number of carbonyl (C=O) groups excluding carboxylic acids is 1. The minimum absolute atomic E-state index is 0.250. The number of carbonyl (C=O) groups is 1. The Balaban J connectivity index is 1.67. The van der Waals surface area contributed by atoms with Crippen LogP contribution in [0.1, 0.15) is 19.8 Å². The molecular formula is C20H24O4. The molecule has 0 unspecified atom stereocenters. The maximum absolute atomic E-state index is 10.6. The number of para-hydroxylation sites is 1. The Kier molecular flexibility index (Phi) is 7.84. The van der Waals surface area contributed by atoms with Crippen LogP contribution in [0.4, 0.5) is 0 Å². The van der Waals surface area contributed by atoms with Gasteiger partial charge in [0.25, 0.3) is 0 Å². The molecular weight excluding hydrogens is 304 g/mol. The molecule has 0 spiro atoms. The molecule has 0 aliphatic rings. The van der Waals surface area contributed by atoms with E-state index in [0.717, 1.165) is 29.7 Å². The molecule has 0 bridgehead atoms. The molecule has 0 aliphatic heterocycles. The van der Waals surface area contributed by atoms with E-state index in [-0.39, 0.29) is 5.97 Å².